The molecular formula is C13H15NO6. The highest BCUT2D eigenvalue weighted by Gasteiger charge is 2.30. The number of aliphatic hydroxyl groups excluding tert-OH is 2. The lowest BCUT2D eigenvalue weighted by Gasteiger charge is -2.31. The maximum absolute atomic E-state index is 11.9. The van der Waals surface area contributed by atoms with Gasteiger partial charge in [0.1, 0.15) is 6.29 Å². The summed E-state index contributed by atoms with van der Waals surface area (Å²) in [6.07, 6.45) is -0.446. The van der Waals surface area contributed by atoms with Crippen LogP contribution in [-0.4, -0.2) is 55.4 Å². The second kappa shape index (κ2) is 5.89. The number of aliphatic hydroxyl groups is 2. The molecule has 1 unspecified atom stereocenters. The predicted molar refractivity (Wildman–Crippen MR) is 69.3 cm³/mol. The highest BCUT2D eigenvalue weighted by molar-refractivity contribution is 5.99. The van der Waals surface area contributed by atoms with Crippen LogP contribution < -0.4 is 14.4 Å². The van der Waals surface area contributed by atoms with E-state index in [2.05, 4.69) is 0 Å². The number of methoxy groups -OCH3 is 1. The van der Waals surface area contributed by atoms with E-state index in [0.29, 0.717) is 29.0 Å². The Hall–Kier alpha value is -2.12. The summed E-state index contributed by atoms with van der Waals surface area (Å²) in [6, 6.07) is 2.98. The molecule has 0 aromatic heterocycles. The molecule has 20 heavy (non-hydrogen) atoms. The fraction of sp³-hybridized carbons (Fsp3) is 0.385. The first-order valence-electron chi connectivity index (χ1n) is 6.00. The van der Waals surface area contributed by atoms with E-state index in [1.807, 2.05) is 0 Å². The molecule has 0 saturated carbocycles. The molecule has 0 saturated heterocycles. The lowest BCUT2D eigenvalue weighted by atomic mass is 10.1. The van der Waals surface area contributed by atoms with E-state index < -0.39 is 12.7 Å². The molecule has 7 nitrogen and oxygen atoms in total. The Morgan fingerprint density at radius 1 is 1.55 bits per heavy atom. The number of rotatable bonds is 5. The van der Waals surface area contributed by atoms with Gasteiger partial charge in [-0.15, -0.1) is 0 Å². The van der Waals surface area contributed by atoms with Gasteiger partial charge in [-0.3, -0.25) is 9.59 Å². The van der Waals surface area contributed by atoms with Gasteiger partial charge in [0.25, 0.3) is 5.91 Å². The van der Waals surface area contributed by atoms with Crippen LogP contribution in [0.5, 0.6) is 11.5 Å². The van der Waals surface area contributed by atoms with Crippen molar-refractivity contribution in [3.05, 3.63) is 17.7 Å². The van der Waals surface area contributed by atoms with Crippen molar-refractivity contribution in [3.63, 3.8) is 0 Å². The summed E-state index contributed by atoms with van der Waals surface area (Å²) >= 11 is 0. The Morgan fingerprint density at radius 2 is 2.30 bits per heavy atom. The fourth-order valence-electron chi connectivity index (χ4n) is 1.99. The maximum atomic E-state index is 11.9. The number of amides is 1. The second-order valence-electron chi connectivity index (χ2n) is 4.32. The Morgan fingerprint density at radius 3 is 2.90 bits per heavy atom. The molecule has 1 aliphatic heterocycles. The first kappa shape index (κ1) is 14.3. The molecule has 1 amide bonds. The highest BCUT2D eigenvalue weighted by atomic mass is 16.5. The van der Waals surface area contributed by atoms with Crippen molar-refractivity contribution < 1.29 is 29.3 Å². The number of fused-ring (bicyclic) bond motifs is 1. The molecule has 7 heteroatoms. The molecule has 2 rings (SSSR count). The van der Waals surface area contributed by atoms with Gasteiger partial charge in [-0.25, -0.2) is 0 Å². The number of carbonyl (C=O) groups excluding carboxylic acids is 2. The Labute approximate surface area is 115 Å². The molecule has 0 aliphatic carbocycles. The van der Waals surface area contributed by atoms with Crippen LogP contribution >= 0.6 is 0 Å². The minimum Gasteiger partial charge on any atom is -0.493 e. The van der Waals surface area contributed by atoms with Gasteiger partial charge in [-0.1, -0.05) is 0 Å². The van der Waals surface area contributed by atoms with Gasteiger partial charge in [-0.2, -0.15) is 0 Å². The first-order valence-corrected chi connectivity index (χ1v) is 6.00. The molecule has 1 aromatic rings. The van der Waals surface area contributed by atoms with E-state index in [-0.39, 0.29) is 19.1 Å². The average Bonchev–Trinajstić information content (AvgIpc) is 2.48. The van der Waals surface area contributed by atoms with E-state index in [9.17, 15) is 14.7 Å². The van der Waals surface area contributed by atoms with Crippen LogP contribution in [0.3, 0.4) is 0 Å². The van der Waals surface area contributed by atoms with Crippen LogP contribution in [0.15, 0.2) is 12.1 Å². The minimum atomic E-state index is -1.07. The van der Waals surface area contributed by atoms with Crippen molar-refractivity contribution in [2.75, 3.05) is 31.8 Å². The van der Waals surface area contributed by atoms with Crippen molar-refractivity contribution in [2.24, 2.45) is 0 Å². The van der Waals surface area contributed by atoms with E-state index in [1.54, 1.807) is 0 Å². The lowest BCUT2D eigenvalue weighted by Crippen LogP contribution is -2.44. The monoisotopic (exact) mass is 281 g/mol. The summed E-state index contributed by atoms with van der Waals surface area (Å²) in [6.45, 7) is -0.746. The zero-order valence-corrected chi connectivity index (χ0v) is 10.9. The molecule has 108 valence electrons. The first-order chi connectivity index (χ1) is 9.60. The summed E-state index contributed by atoms with van der Waals surface area (Å²) < 4.78 is 10.5. The van der Waals surface area contributed by atoms with Gasteiger partial charge in [0.2, 0.25) is 0 Å². The lowest BCUT2D eigenvalue weighted by molar-refractivity contribution is -0.121. The summed E-state index contributed by atoms with van der Waals surface area (Å²) in [5.74, 6) is 0.304. The number of aldehydes is 1. The fourth-order valence-corrected chi connectivity index (χ4v) is 1.99. The van der Waals surface area contributed by atoms with Gasteiger partial charge >= 0.3 is 0 Å². The molecule has 1 aromatic carbocycles. The third-order valence-corrected chi connectivity index (χ3v) is 2.95. The molecular weight excluding hydrogens is 266 g/mol. The highest BCUT2D eigenvalue weighted by Crippen LogP contribution is 2.41. The second-order valence-corrected chi connectivity index (χ2v) is 4.32. The zero-order valence-electron chi connectivity index (χ0n) is 10.9. The topological polar surface area (TPSA) is 96.3 Å². The van der Waals surface area contributed by atoms with Crippen LogP contribution in [0.1, 0.15) is 10.4 Å². The average molecular weight is 281 g/mol. The van der Waals surface area contributed by atoms with Crippen molar-refractivity contribution in [3.8, 4) is 11.5 Å². The Bertz CT molecular complexity index is 530. The van der Waals surface area contributed by atoms with Gasteiger partial charge < -0.3 is 24.6 Å². The van der Waals surface area contributed by atoms with Crippen molar-refractivity contribution >= 4 is 17.9 Å². The van der Waals surface area contributed by atoms with Crippen molar-refractivity contribution in [1.29, 1.82) is 0 Å². The Balaban J connectivity index is 2.47. The predicted octanol–water partition coefficient (Wildman–Crippen LogP) is -0.414. The van der Waals surface area contributed by atoms with Crippen LogP contribution in [0.2, 0.25) is 0 Å². The van der Waals surface area contributed by atoms with Gasteiger partial charge in [0, 0.05) is 5.56 Å². The molecule has 1 aliphatic rings. The number of hydrogen-bond donors (Lipinski definition) is 2. The number of carbonyl (C=O) groups is 2. The number of ether oxygens (including phenoxy) is 2. The number of β-amino-alcohol motifs (C(OH)–C–C–N with tert-alkyl or cyclic N) is 1. The van der Waals surface area contributed by atoms with Crippen LogP contribution in [0.25, 0.3) is 0 Å². The van der Waals surface area contributed by atoms with Gasteiger partial charge in [0.15, 0.2) is 18.1 Å². The zero-order chi connectivity index (χ0) is 14.7. The molecule has 0 fully saturated rings. The molecule has 2 N–H and O–H groups in total. The number of nitrogens with zero attached hydrogens (tertiary/aromatic N) is 1. The van der Waals surface area contributed by atoms with Crippen LogP contribution in [0.4, 0.5) is 5.69 Å². The number of anilines is 1. The number of benzene rings is 1. The minimum absolute atomic E-state index is 0.0862. The number of hydrogen-bond acceptors (Lipinski definition) is 6. The van der Waals surface area contributed by atoms with Crippen molar-refractivity contribution in [2.45, 2.75) is 6.10 Å². The van der Waals surface area contributed by atoms with Crippen molar-refractivity contribution in [1.82, 2.24) is 0 Å². The van der Waals surface area contributed by atoms with Gasteiger partial charge in [0.05, 0.1) is 32.1 Å². The van der Waals surface area contributed by atoms with Gasteiger partial charge in [-0.05, 0) is 12.1 Å². The summed E-state index contributed by atoms with van der Waals surface area (Å²) in [7, 11) is 1.43. The quantitative estimate of drug-likeness (QED) is 0.712. The summed E-state index contributed by atoms with van der Waals surface area (Å²) in [5.41, 5.74) is 0.664. The molecule has 0 radical (unpaired) electrons. The smallest absolute Gasteiger partial charge is 0.265 e. The summed E-state index contributed by atoms with van der Waals surface area (Å²) in [4.78, 5) is 24.1. The third kappa shape index (κ3) is 2.59. The standard InChI is InChI=1S/C13H15NO6/c1-19-11-3-8(5-15)2-10-13(11)20-7-12(18)14(10)4-9(17)6-16/h2-3,5,9,16-17H,4,6-7H2,1H3. The van der Waals surface area contributed by atoms with E-state index in [0.717, 1.165) is 0 Å². The maximum Gasteiger partial charge on any atom is 0.265 e. The van der Waals surface area contributed by atoms with Crippen LogP contribution in [-0.2, 0) is 4.79 Å². The van der Waals surface area contributed by atoms with E-state index in [1.165, 1.54) is 24.1 Å². The Kier molecular flexibility index (Phi) is 4.21. The molecule has 1 atom stereocenters. The largest absolute Gasteiger partial charge is 0.493 e. The van der Waals surface area contributed by atoms with E-state index in [4.69, 9.17) is 14.6 Å². The van der Waals surface area contributed by atoms with Crippen LogP contribution in [0, 0.1) is 0 Å². The molecule has 1 heterocycles. The molecule has 0 spiro atoms. The third-order valence-electron chi connectivity index (χ3n) is 2.95. The normalized spacial score (nSPS) is 15.3. The van der Waals surface area contributed by atoms with E-state index >= 15 is 0 Å². The SMILES string of the molecule is COc1cc(C=O)cc2c1OCC(=O)N2CC(O)CO. The molecule has 0 bridgehead atoms. The summed E-state index contributed by atoms with van der Waals surface area (Å²) in [5, 5.41) is 18.4.